The van der Waals surface area contributed by atoms with Crippen LogP contribution in [0.3, 0.4) is 0 Å². The zero-order valence-corrected chi connectivity index (χ0v) is 19.3. The average molecular weight is 461 g/mol. The largest absolute Gasteiger partial charge is 0.423 e. The normalized spacial score (nSPS) is 10.5. The fourth-order valence-electron chi connectivity index (χ4n) is 3.14. The van der Waals surface area contributed by atoms with Crippen LogP contribution in [0.1, 0.15) is 19.4 Å². The van der Waals surface area contributed by atoms with E-state index in [9.17, 15) is 9.59 Å². The molecule has 0 amide bonds. The van der Waals surface area contributed by atoms with Gasteiger partial charge in [-0.1, -0.05) is 43.5 Å². The van der Waals surface area contributed by atoms with Crippen LogP contribution in [0.15, 0.2) is 85.0 Å². The fourth-order valence-corrected chi connectivity index (χ4v) is 3.14. The second kappa shape index (κ2) is 10.7. The van der Waals surface area contributed by atoms with Gasteiger partial charge in [0.05, 0.1) is 6.61 Å². The first-order chi connectivity index (χ1) is 16.2. The Bertz CT molecular complexity index is 1260. The molecule has 5 nitrogen and oxygen atoms in total. The third-order valence-corrected chi connectivity index (χ3v) is 4.94. The topological polar surface area (TPSA) is 61.8 Å². The van der Waals surface area contributed by atoms with Crippen molar-refractivity contribution in [1.29, 1.82) is 0 Å². The Balaban J connectivity index is 1.86. The summed E-state index contributed by atoms with van der Waals surface area (Å²) in [5, 5.41) is 0. The van der Waals surface area contributed by atoms with E-state index in [0.29, 0.717) is 39.3 Å². The first-order valence-corrected chi connectivity index (χ1v) is 10.5. The number of halogens is 1. The van der Waals surface area contributed by atoms with Crippen molar-refractivity contribution in [1.82, 2.24) is 0 Å². The molecule has 174 valence electrons. The highest BCUT2D eigenvalue weighted by Crippen LogP contribution is 2.32. The van der Waals surface area contributed by atoms with Gasteiger partial charge in [0.15, 0.2) is 0 Å². The summed E-state index contributed by atoms with van der Waals surface area (Å²) < 4.78 is 30.8. The van der Waals surface area contributed by atoms with Gasteiger partial charge in [-0.3, -0.25) is 0 Å². The molecule has 0 bridgehead atoms. The van der Waals surface area contributed by atoms with Crippen molar-refractivity contribution in [3.8, 4) is 33.8 Å². The van der Waals surface area contributed by atoms with E-state index < -0.39 is 17.8 Å². The van der Waals surface area contributed by atoms with Gasteiger partial charge in [-0.2, -0.15) is 0 Å². The Kier molecular flexibility index (Phi) is 7.76. The van der Waals surface area contributed by atoms with Crippen LogP contribution in [0.25, 0.3) is 22.3 Å². The maximum atomic E-state index is 15.1. The summed E-state index contributed by atoms with van der Waals surface area (Å²) in [6.07, 6.45) is 0. The van der Waals surface area contributed by atoms with Crippen molar-refractivity contribution in [3.05, 3.63) is 96.3 Å². The zero-order valence-electron chi connectivity index (χ0n) is 19.3. The number of hydrogen-bond donors (Lipinski definition) is 0. The first kappa shape index (κ1) is 24.6. The quantitative estimate of drug-likeness (QED) is 0.225. The Morgan fingerprint density at radius 3 is 1.97 bits per heavy atom. The molecule has 0 radical (unpaired) electrons. The van der Waals surface area contributed by atoms with Crippen molar-refractivity contribution >= 4 is 11.9 Å². The van der Waals surface area contributed by atoms with Gasteiger partial charge >= 0.3 is 11.9 Å². The highest BCUT2D eigenvalue weighted by atomic mass is 19.1. The van der Waals surface area contributed by atoms with Crippen LogP contribution in [-0.4, -0.2) is 19.0 Å². The van der Waals surface area contributed by atoms with Gasteiger partial charge in [0.1, 0.15) is 17.3 Å². The number of methoxy groups -OCH3 is 1. The van der Waals surface area contributed by atoms with E-state index in [1.165, 1.54) is 13.2 Å². The maximum Gasteiger partial charge on any atom is 0.338 e. The first-order valence-electron chi connectivity index (χ1n) is 10.5. The van der Waals surface area contributed by atoms with Crippen LogP contribution in [0, 0.1) is 5.82 Å². The second-order valence-corrected chi connectivity index (χ2v) is 7.81. The van der Waals surface area contributed by atoms with Gasteiger partial charge in [-0.15, -0.1) is 0 Å². The minimum Gasteiger partial charge on any atom is -0.423 e. The Morgan fingerprint density at radius 2 is 1.38 bits per heavy atom. The summed E-state index contributed by atoms with van der Waals surface area (Å²) in [4.78, 5) is 23.5. The minimum absolute atomic E-state index is 0.189. The predicted octanol–water partition coefficient (Wildman–Crippen LogP) is 6.27. The molecule has 0 fully saturated rings. The van der Waals surface area contributed by atoms with E-state index in [0.717, 1.165) is 5.56 Å². The fraction of sp³-hybridized carbons (Fsp3) is 0.143. The van der Waals surface area contributed by atoms with E-state index in [-0.39, 0.29) is 12.2 Å². The van der Waals surface area contributed by atoms with Crippen LogP contribution < -0.4 is 9.47 Å². The Labute approximate surface area is 198 Å². The third-order valence-electron chi connectivity index (χ3n) is 4.94. The lowest BCUT2D eigenvalue weighted by Crippen LogP contribution is -2.10. The summed E-state index contributed by atoms with van der Waals surface area (Å²) in [5.41, 5.74) is 3.64. The van der Waals surface area contributed by atoms with Crippen LogP contribution in [0.2, 0.25) is 0 Å². The average Bonchev–Trinajstić information content (AvgIpc) is 2.80. The van der Waals surface area contributed by atoms with Crippen molar-refractivity contribution in [3.63, 3.8) is 0 Å². The molecule has 0 saturated carbocycles. The van der Waals surface area contributed by atoms with E-state index in [2.05, 4.69) is 13.2 Å². The lowest BCUT2D eigenvalue weighted by Gasteiger charge is -2.13. The molecular formula is C28H25FO5. The standard InChI is InChI=1S/C28H25FO5/c1-17(2)27(30)33-23-10-6-19(7-11-23)20-8-12-24(25(29)15-20)21-9-13-26(22(14-21)16-32-5)34-28(31)18(3)4/h6-15H,1,3,16H2,2,4-5H3. The van der Waals surface area contributed by atoms with Crippen LogP contribution >= 0.6 is 0 Å². The lowest BCUT2D eigenvalue weighted by molar-refractivity contribution is -0.131. The van der Waals surface area contributed by atoms with E-state index in [1.807, 2.05) is 0 Å². The molecule has 0 atom stereocenters. The molecule has 0 aliphatic heterocycles. The molecular weight excluding hydrogens is 435 g/mol. The van der Waals surface area contributed by atoms with Crippen LogP contribution in [0.5, 0.6) is 11.5 Å². The van der Waals surface area contributed by atoms with Crippen molar-refractivity contribution in [2.24, 2.45) is 0 Å². The summed E-state index contributed by atoms with van der Waals surface area (Å²) in [6, 6.07) is 16.7. The van der Waals surface area contributed by atoms with Crippen LogP contribution in [-0.2, 0) is 20.9 Å². The highest BCUT2D eigenvalue weighted by molar-refractivity contribution is 5.89. The summed E-state index contributed by atoms with van der Waals surface area (Å²) in [5.74, 6) is -0.738. The van der Waals surface area contributed by atoms with E-state index in [1.54, 1.807) is 68.4 Å². The summed E-state index contributed by atoms with van der Waals surface area (Å²) >= 11 is 0. The van der Waals surface area contributed by atoms with Crippen molar-refractivity contribution in [2.45, 2.75) is 20.5 Å². The van der Waals surface area contributed by atoms with Crippen molar-refractivity contribution < 1.29 is 28.2 Å². The highest BCUT2D eigenvalue weighted by Gasteiger charge is 2.14. The Morgan fingerprint density at radius 1 is 0.794 bits per heavy atom. The molecule has 0 aliphatic rings. The summed E-state index contributed by atoms with van der Waals surface area (Å²) in [6.45, 7) is 10.5. The number of benzene rings is 3. The molecule has 3 rings (SSSR count). The molecule has 0 N–H and O–H groups in total. The van der Waals surface area contributed by atoms with Gasteiger partial charge in [0.25, 0.3) is 0 Å². The number of ether oxygens (including phenoxy) is 3. The van der Waals surface area contributed by atoms with Gasteiger partial charge < -0.3 is 14.2 Å². The lowest BCUT2D eigenvalue weighted by atomic mass is 9.98. The smallest absolute Gasteiger partial charge is 0.338 e. The number of carbonyl (C=O) groups excluding carboxylic acids is 2. The molecule has 34 heavy (non-hydrogen) atoms. The van der Waals surface area contributed by atoms with E-state index in [4.69, 9.17) is 14.2 Å². The van der Waals surface area contributed by atoms with Gasteiger partial charge in [0.2, 0.25) is 0 Å². The molecule has 3 aromatic rings. The van der Waals surface area contributed by atoms with Gasteiger partial charge in [-0.25, -0.2) is 14.0 Å². The Hall–Kier alpha value is -4.03. The number of carbonyl (C=O) groups is 2. The van der Waals surface area contributed by atoms with Gasteiger partial charge in [0, 0.05) is 29.4 Å². The monoisotopic (exact) mass is 460 g/mol. The van der Waals surface area contributed by atoms with Crippen molar-refractivity contribution in [2.75, 3.05) is 7.11 Å². The molecule has 0 saturated heterocycles. The van der Waals surface area contributed by atoms with Crippen LogP contribution in [0.4, 0.5) is 4.39 Å². The molecule has 0 aromatic heterocycles. The molecule has 3 aromatic carbocycles. The molecule has 0 aliphatic carbocycles. The summed E-state index contributed by atoms with van der Waals surface area (Å²) in [7, 11) is 1.52. The van der Waals surface area contributed by atoms with Gasteiger partial charge in [-0.05, 0) is 60.9 Å². The number of rotatable bonds is 8. The molecule has 0 spiro atoms. The SMILES string of the molecule is C=C(C)C(=O)Oc1ccc(-c2ccc(-c3ccc(OC(=O)C(=C)C)c(COC)c3)c(F)c2)cc1. The zero-order chi connectivity index (χ0) is 24.8. The minimum atomic E-state index is -0.541. The van der Waals surface area contributed by atoms with E-state index >= 15 is 4.39 Å². The number of hydrogen-bond acceptors (Lipinski definition) is 5. The molecule has 6 heteroatoms. The molecule has 0 unspecified atom stereocenters. The second-order valence-electron chi connectivity index (χ2n) is 7.81. The molecule has 0 heterocycles. The predicted molar refractivity (Wildman–Crippen MR) is 129 cm³/mol. The maximum absolute atomic E-state index is 15.1. The number of esters is 2. The third kappa shape index (κ3) is 5.85.